The molecule has 0 aliphatic carbocycles. The van der Waals surface area contributed by atoms with Crippen molar-refractivity contribution in [1.29, 1.82) is 0 Å². The first-order valence-electron chi connectivity index (χ1n) is 4.89. The molecular formula is C8H11ClN4O4. The van der Waals surface area contributed by atoms with Gasteiger partial charge in [0.15, 0.2) is 0 Å². The Morgan fingerprint density at radius 2 is 2.29 bits per heavy atom. The minimum absolute atomic E-state index is 0.0501. The summed E-state index contributed by atoms with van der Waals surface area (Å²) in [6.45, 7) is -0.0514. The Bertz CT molecular complexity index is 348. The lowest BCUT2D eigenvalue weighted by Crippen LogP contribution is -2.54. The Hall–Kier alpha value is -1.70. The zero-order valence-corrected chi connectivity index (χ0v) is 9.57. The van der Waals surface area contributed by atoms with Crippen LogP contribution in [0.5, 0.6) is 0 Å². The van der Waals surface area contributed by atoms with E-state index in [9.17, 15) is 19.3 Å². The first-order valence-corrected chi connectivity index (χ1v) is 5.43. The molecule has 1 fully saturated rings. The maximum Gasteiger partial charge on any atom is 0.341 e. The maximum absolute atomic E-state index is 11.5. The van der Waals surface area contributed by atoms with Crippen LogP contribution in [-0.4, -0.2) is 41.3 Å². The summed E-state index contributed by atoms with van der Waals surface area (Å²) in [5, 5.41) is 7.42. The zero-order chi connectivity index (χ0) is 12.8. The van der Waals surface area contributed by atoms with Crippen LogP contribution in [0.3, 0.4) is 0 Å². The van der Waals surface area contributed by atoms with Gasteiger partial charge in [0.2, 0.25) is 11.8 Å². The highest BCUT2D eigenvalue weighted by Gasteiger charge is 2.29. The van der Waals surface area contributed by atoms with Crippen molar-refractivity contribution in [2.24, 2.45) is 5.29 Å². The molecule has 1 aliphatic heterocycles. The van der Waals surface area contributed by atoms with E-state index in [1.165, 1.54) is 0 Å². The number of alkyl halides is 1. The molecule has 0 bridgehead atoms. The number of imide groups is 1. The van der Waals surface area contributed by atoms with Gasteiger partial charge in [0.1, 0.15) is 6.04 Å². The smallest absolute Gasteiger partial charge is 0.325 e. The molecule has 1 atom stereocenters. The summed E-state index contributed by atoms with van der Waals surface area (Å²) in [5.74, 6) is -0.924. The number of nitrogens with one attached hydrogen (secondary N) is 2. The number of piperidine rings is 1. The van der Waals surface area contributed by atoms with E-state index in [0.717, 1.165) is 0 Å². The Morgan fingerprint density at radius 1 is 1.59 bits per heavy atom. The molecule has 0 aromatic heterocycles. The Labute approximate surface area is 102 Å². The first kappa shape index (κ1) is 13.4. The van der Waals surface area contributed by atoms with Crippen LogP contribution < -0.4 is 10.6 Å². The van der Waals surface area contributed by atoms with Gasteiger partial charge < -0.3 is 5.32 Å². The van der Waals surface area contributed by atoms with Gasteiger partial charge in [0.25, 0.3) is 0 Å². The van der Waals surface area contributed by atoms with E-state index >= 15 is 0 Å². The topological polar surface area (TPSA) is 108 Å². The number of amides is 4. The van der Waals surface area contributed by atoms with Gasteiger partial charge in [-0.1, -0.05) is 0 Å². The highest BCUT2D eigenvalue weighted by Crippen LogP contribution is 2.05. The van der Waals surface area contributed by atoms with Crippen molar-refractivity contribution in [1.82, 2.24) is 15.6 Å². The molecule has 4 amide bonds. The van der Waals surface area contributed by atoms with Crippen molar-refractivity contribution in [3.05, 3.63) is 4.91 Å². The second-order valence-electron chi connectivity index (χ2n) is 3.35. The monoisotopic (exact) mass is 262 g/mol. The molecule has 1 aliphatic rings. The quantitative estimate of drug-likeness (QED) is 0.314. The van der Waals surface area contributed by atoms with Crippen molar-refractivity contribution in [3.8, 4) is 0 Å². The lowest BCUT2D eigenvalue weighted by Gasteiger charge is -2.23. The minimum atomic E-state index is -0.834. The molecule has 1 heterocycles. The predicted molar refractivity (Wildman–Crippen MR) is 57.9 cm³/mol. The number of hydrogen-bond donors (Lipinski definition) is 2. The summed E-state index contributed by atoms with van der Waals surface area (Å²) in [4.78, 5) is 43.9. The third-order valence-electron chi connectivity index (χ3n) is 2.17. The average Bonchev–Trinajstić information content (AvgIpc) is 2.29. The van der Waals surface area contributed by atoms with Gasteiger partial charge in [0, 0.05) is 12.3 Å². The molecule has 8 nitrogen and oxygen atoms in total. The Kier molecular flexibility index (Phi) is 4.83. The fourth-order valence-corrected chi connectivity index (χ4v) is 1.47. The Balaban J connectivity index is 2.53. The molecule has 94 valence electrons. The standard InChI is InChI=1S/C8H11ClN4O4/c9-3-4-13(12-17)8(16)10-5-1-2-6(14)11-7(5)15/h5H,1-4H2,(H,10,16)(H,11,14,15)/t5-/m0/s1. The second-order valence-corrected chi connectivity index (χ2v) is 3.72. The predicted octanol–water partition coefficient (Wildman–Crippen LogP) is -0.277. The van der Waals surface area contributed by atoms with Crippen LogP contribution in [0.1, 0.15) is 12.8 Å². The molecule has 2 N–H and O–H groups in total. The fraction of sp³-hybridized carbons (Fsp3) is 0.625. The van der Waals surface area contributed by atoms with E-state index in [0.29, 0.717) is 5.01 Å². The first-order chi connectivity index (χ1) is 8.08. The van der Waals surface area contributed by atoms with E-state index in [-0.39, 0.29) is 31.2 Å². The number of rotatable bonds is 4. The van der Waals surface area contributed by atoms with Crippen LogP contribution in [0.2, 0.25) is 0 Å². The third-order valence-corrected chi connectivity index (χ3v) is 2.34. The molecular weight excluding hydrogens is 252 g/mol. The summed E-state index contributed by atoms with van der Waals surface area (Å²) in [6.07, 6.45) is 0.338. The van der Waals surface area contributed by atoms with E-state index in [1.54, 1.807) is 0 Å². The molecule has 0 aromatic rings. The molecule has 1 rings (SSSR count). The van der Waals surface area contributed by atoms with Crippen molar-refractivity contribution < 1.29 is 14.4 Å². The number of urea groups is 1. The molecule has 9 heteroatoms. The van der Waals surface area contributed by atoms with Crippen LogP contribution in [0, 0.1) is 4.91 Å². The van der Waals surface area contributed by atoms with Crippen molar-refractivity contribution in [2.45, 2.75) is 18.9 Å². The average molecular weight is 263 g/mol. The summed E-state index contributed by atoms with van der Waals surface area (Å²) in [6, 6.07) is -1.64. The maximum atomic E-state index is 11.5. The second kappa shape index (κ2) is 6.14. The van der Waals surface area contributed by atoms with Crippen LogP contribution >= 0.6 is 11.6 Å². The van der Waals surface area contributed by atoms with Gasteiger partial charge in [-0.05, 0) is 6.42 Å². The number of nitrogens with zero attached hydrogens (tertiary/aromatic N) is 2. The van der Waals surface area contributed by atoms with E-state index in [1.807, 2.05) is 0 Å². The summed E-state index contributed by atoms with van der Waals surface area (Å²) in [7, 11) is 0. The third kappa shape index (κ3) is 3.66. The van der Waals surface area contributed by atoms with Crippen molar-refractivity contribution >= 4 is 29.4 Å². The molecule has 0 aromatic carbocycles. The molecule has 17 heavy (non-hydrogen) atoms. The van der Waals surface area contributed by atoms with Crippen molar-refractivity contribution in [2.75, 3.05) is 12.4 Å². The van der Waals surface area contributed by atoms with Gasteiger partial charge in [0.05, 0.1) is 11.8 Å². The van der Waals surface area contributed by atoms with Crippen LogP contribution in [0.15, 0.2) is 5.29 Å². The lowest BCUT2D eigenvalue weighted by atomic mass is 10.1. The minimum Gasteiger partial charge on any atom is -0.325 e. The number of nitroso groups, excluding NO2 is 1. The highest BCUT2D eigenvalue weighted by molar-refractivity contribution is 6.18. The number of hydrogen-bond acceptors (Lipinski definition) is 5. The van der Waals surface area contributed by atoms with E-state index < -0.39 is 18.0 Å². The molecule has 0 spiro atoms. The fourth-order valence-electron chi connectivity index (χ4n) is 1.31. The van der Waals surface area contributed by atoms with Crippen LogP contribution in [-0.2, 0) is 9.59 Å². The van der Waals surface area contributed by atoms with Crippen molar-refractivity contribution in [3.63, 3.8) is 0 Å². The highest BCUT2D eigenvalue weighted by atomic mass is 35.5. The zero-order valence-electron chi connectivity index (χ0n) is 8.81. The SMILES string of the molecule is O=NN(CCCl)C(=O)N[C@H]1CCC(=O)NC1=O. The summed E-state index contributed by atoms with van der Waals surface area (Å²) < 4.78 is 0. The van der Waals surface area contributed by atoms with Gasteiger partial charge in [-0.25, -0.2) is 4.79 Å². The van der Waals surface area contributed by atoms with Gasteiger partial charge in [-0.15, -0.1) is 16.5 Å². The molecule has 0 unspecified atom stereocenters. The number of carbonyl (C=O) groups is 3. The van der Waals surface area contributed by atoms with Gasteiger partial charge >= 0.3 is 6.03 Å². The Morgan fingerprint density at radius 3 is 2.82 bits per heavy atom. The summed E-state index contributed by atoms with van der Waals surface area (Å²) >= 11 is 5.37. The van der Waals surface area contributed by atoms with Gasteiger partial charge in [-0.2, -0.15) is 5.01 Å². The van der Waals surface area contributed by atoms with Crippen LogP contribution in [0.4, 0.5) is 4.79 Å². The molecule has 0 radical (unpaired) electrons. The number of carbonyl (C=O) groups excluding carboxylic acids is 3. The molecule has 0 saturated carbocycles. The largest absolute Gasteiger partial charge is 0.341 e. The van der Waals surface area contributed by atoms with Crippen LogP contribution in [0.25, 0.3) is 0 Å². The van der Waals surface area contributed by atoms with E-state index in [4.69, 9.17) is 11.6 Å². The number of halogens is 1. The molecule has 1 saturated heterocycles. The normalized spacial score (nSPS) is 19.5. The summed E-state index contributed by atoms with van der Waals surface area (Å²) in [5.41, 5.74) is 0. The van der Waals surface area contributed by atoms with Gasteiger partial charge in [-0.3, -0.25) is 14.9 Å². The lowest BCUT2D eigenvalue weighted by molar-refractivity contribution is -0.134. The van der Waals surface area contributed by atoms with E-state index in [2.05, 4.69) is 15.9 Å².